The molecule has 3 rings (SSSR count). The summed E-state index contributed by atoms with van der Waals surface area (Å²) in [4.78, 5) is 12.6. The van der Waals surface area contributed by atoms with Gasteiger partial charge in [0, 0.05) is 17.9 Å². The van der Waals surface area contributed by atoms with Crippen LogP contribution in [0.5, 0.6) is 0 Å². The van der Waals surface area contributed by atoms with E-state index in [1.54, 1.807) is 0 Å². The lowest BCUT2D eigenvalue weighted by Gasteiger charge is -2.39. The van der Waals surface area contributed by atoms with Crippen molar-refractivity contribution in [2.24, 2.45) is 5.92 Å². The quantitative estimate of drug-likeness (QED) is 0.895. The molecule has 1 heterocycles. The fourth-order valence-corrected chi connectivity index (χ4v) is 4.42. The molecule has 0 bridgehead atoms. The molecular formula is C20H30N2O. The Morgan fingerprint density at radius 2 is 1.87 bits per heavy atom. The topological polar surface area (TPSA) is 41.1 Å². The van der Waals surface area contributed by atoms with Crippen LogP contribution in [0.2, 0.25) is 0 Å². The van der Waals surface area contributed by atoms with Crippen molar-refractivity contribution in [2.45, 2.75) is 57.3 Å². The highest BCUT2D eigenvalue weighted by Crippen LogP contribution is 2.40. The Hall–Kier alpha value is -1.35. The Bertz CT molecular complexity index is 528. The van der Waals surface area contributed by atoms with Gasteiger partial charge < -0.3 is 10.6 Å². The van der Waals surface area contributed by atoms with Crippen LogP contribution in [-0.4, -0.2) is 25.5 Å². The van der Waals surface area contributed by atoms with E-state index in [0.717, 1.165) is 32.5 Å². The molecule has 0 aromatic heterocycles. The highest BCUT2D eigenvalue weighted by atomic mass is 16.1. The Labute approximate surface area is 140 Å². The van der Waals surface area contributed by atoms with E-state index in [-0.39, 0.29) is 17.2 Å². The number of carbonyl (C=O) groups is 1. The molecule has 126 valence electrons. The third kappa shape index (κ3) is 3.77. The molecule has 0 unspecified atom stereocenters. The monoisotopic (exact) mass is 314 g/mol. The Kier molecular flexibility index (Phi) is 5.37. The van der Waals surface area contributed by atoms with Crippen LogP contribution in [0.15, 0.2) is 24.3 Å². The first-order chi connectivity index (χ1) is 11.2. The van der Waals surface area contributed by atoms with Gasteiger partial charge in [0.05, 0.1) is 0 Å². The number of carbonyl (C=O) groups excluding carboxylic acids is 1. The smallest absolute Gasteiger partial charge is 0.223 e. The zero-order chi connectivity index (χ0) is 16.1. The third-order valence-electron chi connectivity index (χ3n) is 5.84. The molecule has 1 aliphatic heterocycles. The molecule has 2 N–H and O–H groups in total. The molecule has 23 heavy (non-hydrogen) atoms. The molecule has 3 heteroatoms. The minimum Gasteiger partial charge on any atom is -0.355 e. The molecule has 1 aliphatic carbocycles. The number of amides is 1. The van der Waals surface area contributed by atoms with Crippen molar-refractivity contribution in [3.8, 4) is 0 Å². The second-order valence-electron chi connectivity index (χ2n) is 7.40. The van der Waals surface area contributed by atoms with Crippen LogP contribution >= 0.6 is 0 Å². The summed E-state index contributed by atoms with van der Waals surface area (Å²) >= 11 is 0. The van der Waals surface area contributed by atoms with Gasteiger partial charge in [0.2, 0.25) is 5.91 Å². The first-order valence-electron chi connectivity index (χ1n) is 9.26. The van der Waals surface area contributed by atoms with Crippen LogP contribution in [-0.2, 0) is 10.2 Å². The standard InChI is InChI=1S/C20H30N2O/c1-16-7-3-4-8-18(16)20(11-5-2-6-12-20)15-22-19(23)17-9-13-21-14-10-17/h3-4,7-8,17,21H,2,5-6,9-15H2,1H3,(H,22,23). The number of benzene rings is 1. The number of nitrogens with one attached hydrogen (secondary N) is 2. The molecule has 2 aliphatic rings. The van der Waals surface area contributed by atoms with Gasteiger partial charge in [0.25, 0.3) is 0 Å². The molecule has 0 atom stereocenters. The minimum absolute atomic E-state index is 0.145. The maximum Gasteiger partial charge on any atom is 0.223 e. The summed E-state index contributed by atoms with van der Waals surface area (Å²) in [5.74, 6) is 0.471. The van der Waals surface area contributed by atoms with Crippen molar-refractivity contribution < 1.29 is 4.79 Å². The summed E-state index contributed by atoms with van der Waals surface area (Å²) < 4.78 is 0. The average Bonchev–Trinajstić information content (AvgIpc) is 2.61. The summed E-state index contributed by atoms with van der Waals surface area (Å²) in [7, 11) is 0. The molecule has 0 radical (unpaired) electrons. The van der Waals surface area contributed by atoms with Crippen molar-refractivity contribution in [3.63, 3.8) is 0 Å². The van der Waals surface area contributed by atoms with E-state index < -0.39 is 0 Å². The van der Waals surface area contributed by atoms with E-state index >= 15 is 0 Å². The van der Waals surface area contributed by atoms with Gasteiger partial charge in [-0.3, -0.25) is 4.79 Å². The lowest BCUT2D eigenvalue weighted by Crippen LogP contribution is -2.46. The third-order valence-corrected chi connectivity index (χ3v) is 5.84. The molecule has 1 aromatic rings. The van der Waals surface area contributed by atoms with E-state index in [1.165, 1.54) is 43.2 Å². The summed E-state index contributed by atoms with van der Waals surface area (Å²) in [5, 5.41) is 6.66. The summed E-state index contributed by atoms with van der Waals surface area (Å²) in [6.07, 6.45) is 8.23. The van der Waals surface area contributed by atoms with Crippen LogP contribution in [0.25, 0.3) is 0 Å². The number of hydrogen-bond acceptors (Lipinski definition) is 2. The minimum atomic E-state index is 0.145. The first kappa shape index (κ1) is 16.5. The number of hydrogen-bond donors (Lipinski definition) is 2. The number of aryl methyl sites for hydroxylation is 1. The van der Waals surface area contributed by atoms with Crippen molar-refractivity contribution in [2.75, 3.05) is 19.6 Å². The zero-order valence-corrected chi connectivity index (χ0v) is 14.4. The molecule has 1 saturated carbocycles. The fourth-order valence-electron chi connectivity index (χ4n) is 4.42. The van der Waals surface area contributed by atoms with Gasteiger partial charge in [-0.2, -0.15) is 0 Å². The summed E-state index contributed by atoms with van der Waals surface area (Å²) in [5.41, 5.74) is 2.96. The molecule has 0 spiro atoms. The molecule has 1 saturated heterocycles. The van der Waals surface area contributed by atoms with E-state index in [0.29, 0.717) is 0 Å². The van der Waals surface area contributed by atoms with Gasteiger partial charge in [-0.1, -0.05) is 43.5 Å². The molecule has 2 fully saturated rings. The summed E-state index contributed by atoms with van der Waals surface area (Å²) in [6, 6.07) is 8.74. The van der Waals surface area contributed by atoms with Crippen LogP contribution in [0.1, 0.15) is 56.1 Å². The van der Waals surface area contributed by atoms with Crippen LogP contribution in [0.4, 0.5) is 0 Å². The van der Waals surface area contributed by atoms with Gasteiger partial charge >= 0.3 is 0 Å². The Balaban J connectivity index is 1.72. The molecule has 1 amide bonds. The lowest BCUT2D eigenvalue weighted by molar-refractivity contribution is -0.126. The molecular weight excluding hydrogens is 284 g/mol. The van der Waals surface area contributed by atoms with Crippen molar-refractivity contribution in [1.82, 2.24) is 10.6 Å². The zero-order valence-electron chi connectivity index (χ0n) is 14.4. The molecule has 1 aromatic carbocycles. The maximum atomic E-state index is 12.6. The predicted molar refractivity (Wildman–Crippen MR) is 94.5 cm³/mol. The normalized spacial score (nSPS) is 21.8. The van der Waals surface area contributed by atoms with Gasteiger partial charge in [-0.05, 0) is 56.8 Å². The van der Waals surface area contributed by atoms with Crippen molar-refractivity contribution >= 4 is 5.91 Å². The van der Waals surface area contributed by atoms with Crippen LogP contribution in [0.3, 0.4) is 0 Å². The second kappa shape index (κ2) is 7.48. The van der Waals surface area contributed by atoms with E-state index in [1.807, 2.05) is 0 Å². The van der Waals surface area contributed by atoms with Gasteiger partial charge in [0.15, 0.2) is 0 Å². The van der Waals surface area contributed by atoms with Crippen molar-refractivity contribution in [1.29, 1.82) is 0 Å². The van der Waals surface area contributed by atoms with Gasteiger partial charge in [-0.15, -0.1) is 0 Å². The van der Waals surface area contributed by atoms with E-state index in [2.05, 4.69) is 41.8 Å². The van der Waals surface area contributed by atoms with Crippen LogP contribution < -0.4 is 10.6 Å². The largest absolute Gasteiger partial charge is 0.355 e. The van der Waals surface area contributed by atoms with Crippen LogP contribution in [0, 0.1) is 12.8 Å². The first-order valence-corrected chi connectivity index (χ1v) is 9.26. The fraction of sp³-hybridized carbons (Fsp3) is 0.650. The lowest BCUT2D eigenvalue weighted by atomic mass is 9.68. The number of rotatable bonds is 4. The Morgan fingerprint density at radius 1 is 1.17 bits per heavy atom. The van der Waals surface area contributed by atoms with Gasteiger partial charge in [-0.25, -0.2) is 0 Å². The average molecular weight is 314 g/mol. The number of piperidine rings is 1. The SMILES string of the molecule is Cc1ccccc1C1(CNC(=O)C2CCNCC2)CCCCC1. The van der Waals surface area contributed by atoms with Gasteiger partial charge in [0.1, 0.15) is 0 Å². The predicted octanol–water partition coefficient (Wildman–Crippen LogP) is 3.31. The van der Waals surface area contributed by atoms with E-state index in [9.17, 15) is 4.79 Å². The highest BCUT2D eigenvalue weighted by molar-refractivity contribution is 5.78. The van der Waals surface area contributed by atoms with E-state index in [4.69, 9.17) is 0 Å². The highest BCUT2D eigenvalue weighted by Gasteiger charge is 2.35. The van der Waals surface area contributed by atoms with Crippen molar-refractivity contribution in [3.05, 3.63) is 35.4 Å². The summed E-state index contributed by atoms with van der Waals surface area (Å²) in [6.45, 7) is 4.96. The maximum absolute atomic E-state index is 12.6. The second-order valence-corrected chi connectivity index (χ2v) is 7.40. The molecule has 3 nitrogen and oxygen atoms in total. The Morgan fingerprint density at radius 3 is 2.57 bits per heavy atom.